The molecule has 0 bridgehead atoms. The zero-order valence-corrected chi connectivity index (χ0v) is 6.20. The number of hydrogen-bond donors (Lipinski definition) is 2. The fourth-order valence-corrected chi connectivity index (χ4v) is 0.874. The molecule has 0 amide bonds. The molecule has 0 aliphatic heterocycles. The maximum Gasteiger partial charge on any atom is 0.511 e. The SMILES string of the molecule is CC(O)NS(=O)(=O)C(F)(F)F. The highest BCUT2D eigenvalue weighted by atomic mass is 32.2. The molecular formula is C3H6F3NO3S. The molecule has 0 saturated carbocycles. The van der Waals surface area contributed by atoms with E-state index in [1.165, 1.54) is 0 Å². The summed E-state index contributed by atoms with van der Waals surface area (Å²) in [6.45, 7) is 0.864. The third-order valence-electron chi connectivity index (χ3n) is 0.630. The lowest BCUT2D eigenvalue weighted by Gasteiger charge is -2.10. The molecule has 0 rings (SSSR count). The Morgan fingerprint density at radius 1 is 1.45 bits per heavy atom. The number of sulfonamides is 1. The Morgan fingerprint density at radius 3 is 1.91 bits per heavy atom. The quantitative estimate of drug-likeness (QED) is 0.595. The topological polar surface area (TPSA) is 66.4 Å². The fraction of sp³-hybridized carbons (Fsp3) is 1.00. The third kappa shape index (κ3) is 3.04. The van der Waals surface area contributed by atoms with Gasteiger partial charge in [-0.05, 0) is 6.92 Å². The van der Waals surface area contributed by atoms with Crippen LogP contribution in [0.15, 0.2) is 0 Å². The lowest BCUT2D eigenvalue weighted by molar-refractivity contribution is -0.0463. The van der Waals surface area contributed by atoms with E-state index in [1.54, 1.807) is 0 Å². The largest absolute Gasteiger partial charge is 0.511 e. The standard InChI is InChI=1S/C3H6F3NO3S/c1-2(8)7-11(9,10)3(4,5)6/h2,7-8H,1H3. The van der Waals surface area contributed by atoms with Crippen molar-refractivity contribution in [3.8, 4) is 0 Å². The molecule has 0 aromatic heterocycles. The molecule has 0 aliphatic rings. The molecular weight excluding hydrogens is 187 g/mol. The van der Waals surface area contributed by atoms with Crippen LogP contribution in [0.4, 0.5) is 13.2 Å². The number of aliphatic hydroxyl groups excluding tert-OH is 1. The van der Waals surface area contributed by atoms with Crippen molar-refractivity contribution in [2.45, 2.75) is 18.7 Å². The molecule has 0 spiro atoms. The molecule has 1 atom stereocenters. The van der Waals surface area contributed by atoms with E-state index in [-0.39, 0.29) is 0 Å². The predicted molar refractivity (Wildman–Crippen MR) is 29.8 cm³/mol. The van der Waals surface area contributed by atoms with E-state index < -0.39 is 21.8 Å². The van der Waals surface area contributed by atoms with Crippen molar-refractivity contribution in [1.82, 2.24) is 4.72 Å². The van der Waals surface area contributed by atoms with E-state index in [0.29, 0.717) is 0 Å². The van der Waals surface area contributed by atoms with E-state index >= 15 is 0 Å². The van der Waals surface area contributed by atoms with Crippen LogP contribution in [0, 0.1) is 0 Å². The Hall–Kier alpha value is -0.340. The first-order chi connectivity index (χ1) is 4.67. The van der Waals surface area contributed by atoms with E-state index in [4.69, 9.17) is 5.11 Å². The van der Waals surface area contributed by atoms with Crippen LogP contribution in [-0.4, -0.2) is 25.3 Å². The number of hydrogen-bond acceptors (Lipinski definition) is 3. The second-order valence-corrected chi connectivity index (χ2v) is 3.45. The van der Waals surface area contributed by atoms with Crippen LogP contribution in [-0.2, 0) is 10.0 Å². The molecule has 0 heterocycles. The van der Waals surface area contributed by atoms with Crippen LogP contribution in [0.25, 0.3) is 0 Å². The average Bonchev–Trinajstić information content (AvgIpc) is 1.56. The lowest BCUT2D eigenvalue weighted by Crippen LogP contribution is -2.41. The zero-order valence-electron chi connectivity index (χ0n) is 5.38. The van der Waals surface area contributed by atoms with Gasteiger partial charge in [0.25, 0.3) is 0 Å². The summed E-state index contributed by atoms with van der Waals surface area (Å²) in [6, 6.07) is 0. The highest BCUT2D eigenvalue weighted by Crippen LogP contribution is 2.21. The van der Waals surface area contributed by atoms with Gasteiger partial charge in [0.2, 0.25) is 0 Å². The Morgan fingerprint density at radius 2 is 1.82 bits per heavy atom. The first-order valence-electron chi connectivity index (χ1n) is 2.43. The average molecular weight is 193 g/mol. The van der Waals surface area contributed by atoms with Crippen LogP contribution in [0.2, 0.25) is 0 Å². The smallest absolute Gasteiger partial charge is 0.378 e. The van der Waals surface area contributed by atoms with Gasteiger partial charge in [-0.15, -0.1) is 0 Å². The predicted octanol–water partition coefficient (Wildman–Crippen LogP) is -0.236. The van der Waals surface area contributed by atoms with Crippen molar-refractivity contribution in [3.05, 3.63) is 0 Å². The van der Waals surface area contributed by atoms with Gasteiger partial charge >= 0.3 is 15.5 Å². The number of rotatable bonds is 2. The molecule has 0 fully saturated rings. The van der Waals surface area contributed by atoms with Crippen LogP contribution in [0.3, 0.4) is 0 Å². The molecule has 0 saturated heterocycles. The summed E-state index contributed by atoms with van der Waals surface area (Å²) in [5.41, 5.74) is -5.37. The number of nitrogens with one attached hydrogen (secondary N) is 1. The lowest BCUT2D eigenvalue weighted by atomic mass is 10.7. The summed E-state index contributed by atoms with van der Waals surface area (Å²) in [4.78, 5) is 0. The van der Waals surface area contributed by atoms with Crippen molar-refractivity contribution in [2.24, 2.45) is 0 Å². The Kier molecular flexibility index (Phi) is 2.86. The Bertz CT molecular complexity index is 218. The van der Waals surface area contributed by atoms with Gasteiger partial charge < -0.3 is 5.11 Å². The van der Waals surface area contributed by atoms with E-state index in [9.17, 15) is 21.6 Å². The molecule has 68 valence electrons. The van der Waals surface area contributed by atoms with Gasteiger partial charge in [-0.3, -0.25) is 0 Å². The number of alkyl halides is 3. The minimum absolute atomic E-state index is 0.864. The first kappa shape index (κ1) is 10.7. The third-order valence-corrected chi connectivity index (χ3v) is 1.89. The van der Waals surface area contributed by atoms with E-state index in [1.807, 2.05) is 0 Å². The van der Waals surface area contributed by atoms with Crippen molar-refractivity contribution in [3.63, 3.8) is 0 Å². The molecule has 1 unspecified atom stereocenters. The molecule has 11 heavy (non-hydrogen) atoms. The summed E-state index contributed by atoms with van der Waals surface area (Å²) >= 11 is 0. The molecule has 4 nitrogen and oxygen atoms in total. The summed E-state index contributed by atoms with van der Waals surface area (Å²) in [7, 11) is -5.40. The van der Waals surface area contributed by atoms with E-state index in [2.05, 4.69) is 0 Å². The van der Waals surface area contributed by atoms with Crippen molar-refractivity contribution < 1.29 is 26.7 Å². The van der Waals surface area contributed by atoms with E-state index in [0.717, 1.165) is 11.6 Å². The second-order valence-electron chi connectivity index (χ2n) is 1.74. The molecule has 0 aliphatic carbocycles. The van der Waals surface area contributed by atoms with Crippen LogP contribution < -0.4 is 4.72 Å². The van der Waals surface area contributed by atoms with Crippen molar-refractivity contribution in [2.75, 3.05) is 0 Å². The van der Waals surface area contributed by atoms with Gasteiger partial charge in [0.05, 0.1) is 0 Å². The van der Waals surface area contributed by atoms with Crippen LogP contribution in [0.1, 0.15) is 6.92 Å². The van der Waals surface area contributed by atoms with Crippen LogP contribution in [0.5, 0.6) is 0 Å². The highest BCUT2D eigenvalue weighted by molar-refractivity contribution is 7.90. The van der Waals surface area contributed by atoms with Crippen molar-refractivity contribution >= 4 is 10.0 Å². The van der Waals surface area contributed by atoms with Crippen LogP contribution >= 0.6 is 0 Å². The Balaban J connectivity index is 4.51. The Labute approximate surface area is 61.1 Å². The normalized spacial score (nSPS) is 16.5. The first-order valence-corrected chi connectivity index (χ1v) is 3.92. The van der Waals surface area contributed by atoms with Gasteiger partial charge in [0, 0.05) is 0 Å². The summed E-state index contributed by atoms with van der Waals surface area (Å²) in [5, 5.41) is 8.26. The summed E-state index contributed by atoms with van der Waals surface area (Å²) < 4.78 is 55.4. The monoisotopic (exact) mass is 193 g/mol. The highest BCUT2D eigenvalue weighted by Gasteiger charge is 2.46. The molecule has 0 aromatic carbocycles. The molecule has 0 radical (unpaired) electrons. The van der Waals surface area contributed by atoms with Gasteiger partial charge in [-0.1, -0.05) is 0 Å². The molecule has 8 heteroatoms. The minimum atomic E-state index is -5.40. The van der Waals surface area contributed by atoms with Gasteiger partial charge in [-0.2, -0.15) is 17.9 Å². The number of aliphatic hydroxyl groups is 1. The van der Waals surface area contributed by atoms with Gasteiger partial charge in [0.1, 0.15) is 6.23 Å². The maximum absolute atomic E-state index is 11.4. The number of halogens is 3. The molecule has 2 N–H and O–H groups in total. The van der Waals surface area contributed by atoms with Crippen molar-refractivity contribution in [1.29, 1.82) is 0 Å². The van der Waals surface area contributed by atoms with Gasteiger partial charge in [-0.25, -0.2) is 8.42 Å². The summed E-state index contributed by atoms with van der Waals surface area (Å²) in [5.74, 6) is 0. The minimum Gasteiger partial charge on any atom is -0.378 e. The zero-order chi connectivity index (χ0) is 9.28. The molecule has 0 aromatic rings. The fourth-order valence-electron chi connectivity index (χ4n) is 0.291. The second kappa shape index (κ2) is 2.95. The van der Waals surface area contributed by atoms with Gasteiger partial charge in [0.15, 0.2) is 0 Å². The maximum atomic E-state index is 11.4. The summed E-state index contributed by atoms with van der Waals surface area (Å²) in [6.07, 6.45) is -1.75.